The Hall–Kier alpha value is -1.89. The molecule has 1 aliphatic carbocycles. The van der Waals surface area contributed by atoms with Crippen LogP contribution in [0, 0.1) is 0 Å². The smallest absolute Gasteiger partial charge is 0.162 e. The lowest BCUT2D eigenvalue weighted by Gasteiger charge is -2.13. The van der Waals surface area contributed by atoms with Gasteiger partial charge in [-0.1, -0.05) is 96.0 Å². The number of hydrogen-bond donors (Lipinski definition) is 0. The van der Waals surface area contributed by atoms with Crippen LogP contribution < -0.4 is 0 Å². The highest BCUT2D eigenvalue weighted by Gasteiger charge is 2.21. The molecule has 0 spiro atoms. The number of benzene rings is 2. The molecule has 1 nitrogen and oxygen atoms in total. The van der Waals surface area contributed by atoms with Gasteiger partial charge in [-0.15, -0.1) is 0 Å². The molecule has 0 heterocycles. The zero-order valence-electron chi connectivity index (χ0n) is 18.7. The highest BCUT2D eigenvalue weighted by molar-refractivity contribution is 5.97. The molecule has 29 heavy (non-hydrogen) atoms. The Balaban J connectivity index is 1.61. The molecule has 0 radical (unpaired) electrons. The van der Waals surface area contributed by atoms with Crippen LogP contribution >= 0.6 is 0 Å². The van der Waals surface area contributed by atoms with Crippen molar-refractivity contribution in [3.8, 4) is 11.1 Å². The van der Waals surface area contributed by atoms with Gasteiger partial charge in [0.2, 0.25) is 0 Å². The summed E-state index contributed by atoms with van der Waals surface area (Å²) in [4.78, 5) is 12.4. The molecule has 1 heteroatoms. The van der Waals surface area contributed by atoms with E-state index in [4.69, 9.17) is 0 Å². The molecule has 1 aliphatic rings. The van der Waals surface area contributed by atoms with Crippen LogP contribution in [-0.2, 0) is 6.42 Å². The van der Waals surface area contributed by atoms with E-state index >= 15 is 0 Å². The molecular formula is C28H38O. The van der Waals surface area contributed by atoms with Crippen molar-refractivity contribution in [3.63, 3.8) is 0 Å². The van der Waals surface area contributed by atoms with Gasteiger partial charge in [-0.2, -0.15) is 0 Å². The average Bonchev–Trinajstić information content (AvgIpc) is 3.11. The van der Waals surface area contributed by atoms with Gasteiger partial charge in [0.1, 0.15) is 0 Å². The molecule has 0 aliphatic heterocycles. The van der Waals surface area contributed by atoms with E-state index in [0.717, 1.165) is 24.8 Å². The summed E-state index contributed by atoms with van der Waals surface area (Å²) in [5.74, 6) is 0.917. The lowest BCUT2D eigenvalue weighted by atomic mass is 9.92. The first-order chi connectivity index (χ1) is 14.1. The number of hydrogen-bond acceptors (Lipinski definition) is 1. The fourth-order valence-corrected chi connectivity index (χ4v) is 4.59. The normalized spacial score (nSPS) is 13.2. The maximum atomic E-state index is 12.4. The van der Waals surface area contributed by atoms with Crippen LogP contribution in [0.5, 0.6) is 0 Å². The number of fused-ring (bicyclic) bond motifs is 3. The van der Waals surface area contributed by atoms with Gasteiger partial charge in [-0.05, 0) is 59.1 Å². The number of rotatable bonds is 12. The molecule has 1 atom stereocenters. The zero-order valence-corrected chi connectivity index (χ0v) is 18.7. The number of carbonyl (C=O) groups excluding carboxylic acids is 1. The minimum absolute atomic E-state index is 0.291. The maximum absolute atomic E-state index is 12.4. The van der Waals surface area contributed by atoms with Crippen LogP contribution in [0.2, 0.25) is 0 Å². The van der Waals surface area contributed by atoms with E-state index < -0.39 is 0 Å². The minimum atomic E-state index is 0.291. The van der Waals surface area contributed by atoms with Crippen molar-refractivity contribution in [1.29, 1.82) is 0 Å². The van der Waals surface area contributed by atoms with Crippen LogP contribution in [0.15, 0.2) is 36.4 Å². The van der Waals surface area contributed by atoms with Crippen LogP contribution in [0.1, 0.15) is 118 Å². The van der Waals surface area contributed by atoms with E-state index in [1.54, 1.807) is 0 Å². The van der Waals surface area contributed by atoms with Gasteiger partial charge in [-0.25, -0.2) is 0 Å². The van der Waals surface area contributed by atoms with E-state index in [1.807, 2.05) is 6.07 Å². The summed E-state index contributed by atoms with van der Waals surface area (Å²) in [7, 11) is 0. The van der Waals surface area contributed by atoms with Crippen LogP contribution in [-0.4, -0.2) is 5.78 Å². The summed E-state index contributed by atoms with van der Waals surface area (Å²) in [6, 6.07) is 13.4. The molecule has 0 N–H and O–H groups in total. The van der Waals surface area contributed by atoms with Gasteiger partial charge < -0.3 is 0 Å². The first-order valence-electron chi connectivity index (χ1n) is 11.9. The summed E-state index contributed by atoms with van der Waals surface area (Å²) in [6.07, 6.45) is 13.2. The molecule has 2 aromatic carbocycles. The van der Waals surface area contributed by atoms with E-state index in [9.17, 15) is 4.79 Å². The van der Waals surface area contributed by atoms with Gasteiger partial charge in [0.25, 0.3) is 0 Å². The molecule has 2 aromatic rings. The number of unbranched alkanes of at least 4 members (excludes halogenated alkanes) is 6. The summed E-state index contributed by atoms with van der Waals surface area (Å²) in [5.41, 5.74) is 7.81. The Morgan fingerprint density at radius 1 is 0.828 bits per heavy atom. The topological polar surface area (TPSA) is 17.1 Å². The Bertz CT molecular complexity index is 817. The van der Waals surface area contributed by atoms with Gasteiger partial charge >= 0.3 is 0 Å². The molecular weight excluding hydrogens is 352 g/mol. The molecule has 0 amide bonds. The standard InChI is InChI=1S/C28H38O/c1-4-6-8-9-10-11-12-21(3)22-14-16-26-24(18-22)20-25-19-23(15-17-27(25)26)28(29)13-7-5-2/h14-19,21H,4-13,20H2,1-3H3. The van der Waals surface area contributed by atoms with Crippen molar-refractivity contribution in [2.24, 2.45) is 0 Å². The Morgan fingerprint density at radius 2 is 1.48 bits per heavy atom. The predicted molar refractivity (Wildman–Crippen MR) is 125 cm³/mol. The Morgan fingerprint density at radius 3 is 2.24 bits per heavy atom. The summed E-state index contributed by atoms with van der Waals surface area (Å²) in [5, 5.41) is 0. The number of ketones is 1. The van der Waals surface area contributed by atoms with Crippen molar-refractivity contribution in [1.82, 2.24) is 0 Å². The minimum Gasteiger partial charge on any atom is -0.294 e. The number of Topliss-reactive ketones (excluding diaryl/α,β-unsaturated/α-hetero) is 1. The highest BCUT2D eigenvalue weighted by atomic mass is 16.1. The van der Waals surface area contributed by atoms with Crippen LogP contribution in [0.25, 0.3) is 11.1 Å². The molecule has 0 saturated heterocycles. The SMILES string of the molecule is CCCCCCCCC(C)c1ccc2c(c1)Cc1cc(C(=O)CCCC)ccc1-2. The van der Waals surface area contributed by atoms with Crippen molar-refractivity contribution < 1.29 is 4.79 Å². The van der Waals surface area contributed by atoms with Crippen LogP contribution in [0.3, 0.4) is 0 Å². The maximum Gasteiger partial charge on any atom is 0.162 e. The van der Waals surface area contributed by atoms with Gasteiger partial charge in [0.15, 0.2) is 5.78 Å². The molecule has 156 valence electrons. The quantitative estimate of drug-likeness (QED) is 0.224. The second kappa shape index (κ2) is 10.8. The largest absolute Gasteiger partial charge is 0.294 e. The van der Waals surface area contributed by atoms with Crippen molar-refractivity contribution in [3.05, 3.63) is 58.7 Å². The first kappa shape index (κ1) is 21.8. The second-order valence-electron chi connectivity index (χ2n) is 8.95. The highest BCUT2D eigenvalue weighted by Crippen LogP contribution is 2.39. The van der Waals surface area contributed by atoms with E-state index in [0.29, 0.717) is 18.1 Å². The molecule has 0 saturated carbocycles. The van der Waals surface area contributed by atoms with Gasteiger partial charge in [-0.3, -0.25) is 4.79 Å². The monoisotopic (exact) mass is 390 g/mol. The summed E-state index contributed by atoms with van der Waals surface area (Å²) >= 11 is 0. The second-order valence-corrected chi connectivity index (χ2v) is 8.95. The average molecular weight is 391 g/mol. The van der Waals surface area contributed by atoms with Gasteiger partial charge in [0, 0.05) is 12.0 Å². The molecule has 0 bridgehead atoms. The van der Waals surface area contributed by atoms with Crippen molar-refractivity contribution >= 4 is 5.78 Å². The third kappa shape index (κ3) is 5.59. The van der Waals surface area contributed by atoms with Crippen molar-refractivity contribution in [2.75, 3.05) is 0 Å². The van der Waals surface area contributed by atoms with Crippen molar-refractivity contribution in [2.45, 2.75) is 97.3 Å². The predicted octanol–water partition coefficient (Wildman–Crippen LogP) is 8.48. The molecule has 3 rings (SSSR count). The summed E-state index contributed by atoms with van der Waals surface area (Å²) in [6.45, 7) is 6.79. The lowest BCUT2D eigenvalue weighted by molar-refractivity contribution is 0.0979. The third-order valence-electron chi connectivity index (χ3n) is 6.54. The molecule has 1 unspecified atom stereocenters. The lowest BCUT2D eigenvalue weighted by Crippen LogP contribution is -1.99. The third-order valence-corrected chi connectivity index (χ3v) is 6.54. The fourth-order valence-electron chi connectivity index (χ4n) is 4.59. The van der Waals surface area contributed by atoms with E-state index in [-0.39, 0.29) is 0 Å². The van der Waals surface area contributed by atoms with E-state index in [2.05, 4.69) is 51.1 Å². The summed E-state index contributed by atoms with van der Waals surface area (Å²) < 4.78 is 0. The first-order valence-corrected chi connectivity index (χ1v) is 11.9. The zero-order chi connectivity index (χ0) is 20.6. The van der Waals surface area contributed by atoms with Crippen LogP contribution in [0.4, 0.5) is 0 Å². The van der Waals surface area contributed by atoms with E-state index in [1.165, 1.54) is 72.8 Å². The van der Waals surface area contributed by atoms with Gasteiger partial charge in [0.05, 0.1) is 0 Å². The Labute approximate surface area is 177 Å². The number of carbonyl (C=O) groups is 1. The fraction of sp³-hybridized carbons (Fsp3) is 0.536. The Kier molecular flexibility index (Phi) is 8.09. The molecule has 0 aromatic heterocycles. The molecule has 0 fully saturated rings.